The molecule has 0 aliphatic carbocycles. The molecule has 386 valence electrons. The first-order valence-electron chi connectivity index (χ1n) is 45.7. The predicted molar refractivity (Wildman–Crippen MR) is 341 cm³/mol. The van der Waals surface area contributed by atoms with Gasteiger partial charge in [0.25, 0.3) is 6.71 Å². The smallest absolute Gasteiger partial charge is 0.264 e. The van der Waals surface area contributed by atoms with Gasteiger partial charge in [-0.15, -0.1) is 11.3 Å². The van der Waals surface area contributed by atoms with Crippen LogP contribution in [0.2, 0.25) is 0 Å². The second-order valence-corrected chi connectivity index (χ2v) is 22.3. The van der Waals surface area contributed by atoms with Crippen LogP contribution in [0.5, 0.6) is 0 Å². The van der Waals surface area contributed by atoms with Gasteiger partial charge in [-0.2, -0.15) is 0 Å². The lowest BCUT2D eigenvalue weighted by molar-refractivity contribution is 0.590. The molecule has 0 saturated heterocycles. The maximum atomic E-state index is 11.6. The molecule has 0 bridgehead atoms. The van der Waals surface area contributed by atoms with Gasteiger partial charge in [-0.3, -0.25) is 0 Å². The summed E-state index contributed by atoms with van der Waals surface area (Å²) in [5, 5.41) is -0.565. The summed E-state index contributed by atoms with van der Waals surface area (Å²) in [6.07, 6.45) is 0. The lowest BCUT2D eigenvalue weighted by atomic mass is 9.36. The van der Waals surface area contributed by atoms with Crippen LogP contribution in [0.25, 0.3) is 32.3 Å². The molecule has 1 aromatic heterocycles. The Morgan fingerprint density at radius 2 is 0.937 bits per heavy atom. The fraction of sp³-hybridized carbons (Fsp3) is 0.173. The summed E-state index contributed by atoms with van der Waals surface area (Å²) in [6.45, 7) is 5.32. The number of hydrogen-bond acceptors (Lipinski definition) is 3. The molecule has 0 N–H and O–H groups in total. The van der Waals surface area contributed by atoms with Gasteiger partial charge in [-0.1, -0.05) is 242 Å². The Balaban J connectivity index is 1.49. The number of hydrogen-bond donors (Lipinski definition) is 0. The number of nitrogens with zero attached hydrogens (tertiary/aromatic N) is 2. The van der Waals surface area contributed by atoms with Crippen LogP contribution in [0.3, 0.4) is 0 Å². The fourth-order valence-corrected chi connectivity index (χ4v) is 11.0. The normalized spacial score (nSPS) is 20.8. The van der Waals surface area contributed by atoms with Crippen molar-refractivity contribution in [1.82, 2.24) is 0 Å². The van der Waals surface area contributed by atoms with Crippen molar-refractivity contribution in [1.29, 1.82) is 0 Å². The first-order valence-corrected chi connectivity index (χ1v) is 25.5. The van der Waals surface area contributed by atoms with Gasteiger partial charge < -0.3 is 9.80 Å². The van der Waals surface area contributed by atoms with E-state index in [1.165, 1.54) is 55.4 Å². The summed E-state index contributed by atoms with van der Waals surface area (Å²) in [5.41, 5.74) is -24.7. The van der Waals surface area contributed by atoms with Crippen molar-refractivity contribution in [2.75, 3.05) is 9.80 Å². The van der Waals surface area contributed by atoms with Gasteiger partial charge in [0.15, 0.2) is 0 Å². The van der Waals surface area contributed by atoms with Gasteiger partial charge in [0.1, 0.15) is 0 Å². The van der Waals surface area contributed by atoms with Crippen LogP contribution < -0.4 is 25.5 Å². The van der Waals surface area contributed by atoms with E-state index in [1.807, 2.05) is 0 Å². The van der Waals surface area contributed by atoms with Crippen molar-refractivity contribution in [3.63, 3.8) is 0 Å². The predicted octanol–water partition coefficient (Wildman–Crippen LogP) is 18.7. The van der Waals surface area contributed by atoms with E-state index >= 15 is 0 Å². The molecule has 13 rings (SSSR count). The third-order valence-electron chi connectivity index (χ3n) is 13.7. The Bertz CT molecular complexity index is 6370. The minimum Gasteiger partial charge on any atom is -0.311 e. The lowest BCUT2D eigenvalue weighted by Crippen LogP contribution is -2.60. The van der Waals surface area contributed by atoms with Crippen LogP contribution in [-0.4, -0.2) is 6.71 Å². The van der Waals surface area contributed by atoms with E-state index in [2.05, 4.69) is 0 Å². The van der Waals surface area contributed by atoms with Crippen molar-refractivity contribution >= 4 is 78.0 Å². The maximum absolute atomic E-state index is 11.6. The molecule has 2 aliphatic heterocycles. The first-order chi connectivity index (χ1) is 55.6. The molecule has 79 heavy (non-hydrogen) atoms. The third kappa shape index (κ3) is 8.73. The third-order valence-corrected chi connectivity index (χ3v) is 14.9. The summed E-state index contributed by atoms with van der Waals surface area (Å²) < 4.78 is 408. The Labute approximate surface area is 531 Å². The topological polar surface area (TPSA) is 6.48 Å². The highest BCUT2D eigenvalue weighted by Crippen LogP contribution is 2.53. The zero-order valence-electron chi connectivity index (χ0n) is 85.5. The van der Waals surface area contributed by atoms with Crippen molar-refractivity contribution in [3.8, 4) is 22.3 Å². The number of benzene rings is 10. The monoisotopic (exact) mass is 1080 g/mol. The van der Waals surface area contributed by atoms with Crippen molar-refractivity contribution in [2.45, 2.75) is 84.4 Å². The zero-order valence-corrected chi connectivity index (χ0v) is 44.3. The molecule has 10 aromatic carbocycles. The van der Waals surface area contributed by atoms with Gasteiger partial charge in [0.05, 0.1) is 70.5 Å². The van der Waals surface area contributed by atoms with Gasteiger partial charge in [-0.25, -0.2) is 0 Å². The average molecular weight is 1080 g/mol. The second-order valence-electron chi connectivity index (χ2n) is 21.2. The summed E-state index contributed by atoms with van der Waals surface area (Å²) >= 11 is 0.445. The average Bonchev–Trinajstić information content (AvgIpc) is 1.65. The number of thiophene rings is 1. The van der Waals surface area contributed by atoms with Crippen LogP contribution in [-0.2, 0) is 16.2 Å². The van der Waals surface area contributed by atoms with Crippen molar-refractivity contribution in [3.05, 3.63) is 280 Å². The van der Waals surface area contributed by atoms with E-state index in [0.717, 1.165) is 0 Å². The Morgan fingerprint density at radius 1 is 0.430 bits per heavy atom. The molecule has 0 radical (unpaired) electrons. The Kier molecular flexibility index (Phi) is 5.42. The SMILES string of the molecule is [2H]c1c([2H])c([2H])c(-c2c([2H])c(C(C)(C)C)c([2H])c([2H])c2N2c3c([2H])c(C(C)(C)c4c([2H])c([2H])c([2H])c([2H])c4[2H])c([2H])c([2H])c3B3c4sc5c([2H])c([2H])c(C(C)(C)C)c([2H])c5c4N(c4c([2H])c([2H])c(C([2H])([2H])[2H])c([2H])c4-c4c([2H])c([2H])c([2H])c([2H])c4[2H])c4c([2H])c(C(c5c([2H])c([2H])c([2H])c([2H])c5[2H])c5c([2H])c([2H])c([2H])c([2H])c5[2H])c([2H])c2c43)c([2H])c1[2H]. The lowest BCUT2D eigenvalue weighted by Gasteiger charge is -2.45. The molecule has 0 atom stereocenters. The van der Waals surface area contributed by atoms with E-state index in [4.69, 9.17) is 16.4 Å². The second kappa shape index (κ2) is 19.3. The molecular weight excluding hydrogens is 972 g/mol. The molecule has 0 spiro atoms. The molecule has 0 fully saturated rings. The van der Waals surface area contributed by atoms with Crippen LogP contribution in [0.15, 0.2) is 236 Å². The minimum absolute atomic E-state index is 0.276. The molecule has 2 aliphatic rings. The maximum Gasteiger partial charge on any atom is 0.264 e. The van der Waals surface area contributed by atoms with Crippen LogP contribution in [0.4, 0.5) is 34.1 Å². The standard InChI is InChI=1S/C75H67BN2S/c1-49-35-40-64(59(43-49)50-25-15-10-16-26-50)78-67-45-54(69(52-29-19-12-20-30-52)53-31-21-13-22-32-53)44-66-70(67)76(72-71(78)61-47-57(74(5,6)7)38-42-68(61)79-72)62-39-36-58(75(8,9)55-33-23-14-24-34-55)48-65(62)77(66)63-41-37-56(73(2,3)4)46-60(63)51-27-17-11-18-28-51/h10-48,69H,1-9H3/i1D3,10D,11D,12D,13D,14D,15D,16D,17D,18D,19D,20D,21D,22D,23D,24D,25D,26D,27D,28D,29D,30D,31D,32D,33D,34D,35D,36D,37D,38D,39D,40D,41D,42D,43D,44D,45D,46D,47D,48D. The molecule has 4 heteroatoms. The zero-order chi connectivity index (χ0) is 90.8. The molecule has 2 nitrogen and oxygen atoms in total. The van der Waals surface area contributed by atoms with Crippen LogP contribution in [0.1, 0.15) is 163 Å². The highest BCUT2D eigenvalue weighted by atomic mass is 32.1. The first kappa shape index (κ1) is 22.2. The molecular formula is C75H67BN2S. The molecule has 0 unspecified atom stereocenters. The van der Waals surface area contributed by atoms with Gasteiger partial charge >= 0.3 is 0 Å². The van der Waals surface area contributed by atoms with E-state index in [1.54, 1.807) is 0 Å². The van der Waals surface area contributed by atoms with Gasteiger partial charge in [0.2, 0.25) is 0 Å². The number of rotatable bonds is 9. The van der Waals surface area contributed by atoms with Crippen molar-refractivity contribution < 1.29 is 57.6 Å². The van der Waals surface area contributed by atoms with Gasteiger partial charge in [-0.05, 0) is 133 Å². The summed E-state index contributed by atoms with van der Waals surface area (Å²) in [5.74, 6) is -2.86. The largest absolute Gasteiger partial charge is 0.311 e. The number of fused-ring (bicyclic) bond motifs is 6. The molecule has 0 amide bonds. The fourth-order valence-electron chi connectivity index (χ4n) is 9.75. The molecule has 11 aromatic rings. The highest BCUT2D eigenvalue weighted by molar-refractivity contribution is 7.33. The minimum atomic E-state index is -3.70. The summed E-state index contributed by atoms with van der Waals surface area (Å²) in [4.78, 5) is 1.32. The summed E-state index contributed by atoms with van der Waals surface area (Å²) in [7, 11) is 0. The molecule has 0 saturated carbocycles. The Morgan fingerprint density at radius 3 is 1.53 bits per heavy atom. The van der Waals surface area contributed by atoms with Crippen LogP contribution in [0, 0.1) is 6.85 Å². The van der Waals surface area contributed by atoms with E-state index in [0.29, 0.717) is 21.1 Å². The highest BCUT2D eigenvalue weighted by Gasteiger charge is 2.47. The van der Waals surface area contributed by atoms with Gasteiger partial charge in [0, 0.05) is 58.5 Å². The van der Waals surface area contributed by atoms with Crippen LogP contribution >= 0.6 is 11.3 Å². The summed E-state index contributed by atoms with van der Waals surface area (Å²) in [6, 6.07) is -44.5. The van der Waals surface area contributed by atoms with E-state index in [9.17, 15) is 41.1 Å². The quantitative estimate of drug-likeness (QED) is 0.105. The number of anilines is 6. The Hall–Kier alpha value is -8.18. The molecule has 3 heterocycles. The van der Waals surface area contributed by atoms with E-state index < -0.39 is 392 Å². The van der Waals surface area contributed by atoms with Crippen molar-refractivity contribution in [2.24, 2.45) is 0 Å². The van der Waals surface area contributed by atoms with E-state index in [-0.39, 0.29) is 5.56 Å².